The molecule has 2 aromatic heterocycles. The maximum absolute atomic E-state index is 13.9. The normalized spacial score (nSPS) is 10.7. The molecule has 4 aromatic rings. The van der Waals surface area contributed by atoms with Gasteiger partial charge in [-0.25, -0.2) is 4.39 Å². The molecule has 1 amide bonds. The molecule has 0 unspecified atom stereocenters. The predicted octanol–water partition coefficient (Wildman–Crippen LogP) is 5.20. The predicted molar refractivity (Wildman–Crippen MR) is 113 cm³/mol. The number of hydrogen-bond donors (Lipinski definition) is 1. The molecule has 0 bridgehead atoms. The van der Waals surface area contributed by atoms with Crippen LogP contribution < -0.4 is 10.9 Å². The fourth-order valence-corrected chi connectivity index (χ4v) is 3.19. The van der Waals surface area contributed by atoms with Crippen molar-refractivity contribution in [3.05, 3.63) is 112 Å². The quantitative estimate of drug-likeness (QED) is 0.480. The summed E-state index contributed by atoms with van der Waals surface area (Å²) in [5.74, 6) is -0.676. The van der Waals surface area contributed by atoms with E-state index in [1.807, 2.05) is 18.2 Å². The van der Waals surface area contributed by atoms with Crippen LogP contribution in [-0.4, -0.2) is 10.5 Å². The van der Waals surface area contributed by atoms with E-state index in [1.54, 1.807) is 24.3 Å². The van der Waals surface area contributed by atoms with E-state index in [9.17, 15) is 14.0 Å². The number of anilines is 1. The van der Waals surface area contributed by atoms with Gasteiger partial charge in [0.1, 0.15) is 11.6 Å². The molecule has 30 heavy (non-hydrogen) atoms. The summed E-state index contributed by atoms with van der Waals surface area (Å²) < 4.78 is 20.9. The minimum absolute atomic E-state index is 0.0251. The zero-order valence-corrected chi connectivity index (χ0v) is 16.4. The highest BCUT2D eigenvalue weighted by molar-refractivity contribution is 6.31. The lowest BCUT2D eigenvalue weighted by Crippen LogP contribution is -2.21. The zero-order chi connectivity index (χ0) is 21.1. The van der Waals surface area contributed by atoms with E-state index in [0.717, 1.165) is 5.56 Å². The first-order valence-corrected chi connectivity index (χ1v) is 9.49. The van der Waals surface area contributed by atoms with Gasteiger partial charge in [0.25, 0.3) is 11.5 Å². The first-order valence-electron chi connectivity index (χ1n) is 9.11. The Morgan fingerprint density at radius 2 is 1.77 bits per heavy atom. The molecule has 0 aliphatic rings. The van der Waals surface area contributed by atoms with Gasteiger partial charge in [-0.05, 0) is 42.0 Å². The Hall–Kier alpha value is -3.64. The van der Waals surface area contributed by atoms with Gasteiger partial charge < -0.3 is 14.3 Å². The standard InChI is InChI=1S/C23H16ClFN2O3/c24-18-7-3-1-5-15(18)13-27-14-16(9-12-22(27)28)26-23(29)21-11-10-20(30-21)17-6-2-4-8-19(17)25/h1-12,14H,13H2,(H,26,29). The van der Waals surface area contributed by atoms with E-state index < -0.39 is 11.7 Å². The minimum atomic E-state index is -0.513. The maximum Gasteiger partial charge on any atom is 0.291 e. The second-order valence-corrected chi connectivity index (χ2v) is 6.98. The van der Waals surface area contributed by atoms with Gasteiger partial charge >= 0.3 is 0 Å². The van der Waals surface area contributed by atoms with Crippen molar-refractivity contribution in [2.24, 2.45) is 0 Å². The number of carbonyl (C=O) groups is 1. The smallest absolute Gasteiger partial charge is 0.291 e. The first-order chi connectivity index (χ1) is 14.5. The average molecular weight is 423 g/mol. The van der Waals surface area contributed by atoms with Crippen molar-refractivity contribution in [1.82, 2.24) is 4.57 Å². The number of pyridine rings is 1. The Bertz CT molecular complexity index is 1280. The van der Waals surface area contributed by atoms with E-state index in [0.29, 0.717) is 10.7 Å². The lowest BCUT2D eigenvalue weighted by Gasteiger charge is -2.10. The van der Waals surface area contributed by atoms with E-state index in [4.69, 9.17) is 16.0 Å². The second-order valence-electron chi connectivity index (χ2n) is 6.57. The van der Waals surface area contributed by atoms with Crippen LogP contribution in [-0.2, 0) is 6.54 Å². The van der Waals surface area contributed by atoms with Crippen molar-refractivity contribution in [2.45, 2.75) is 6.54 Å². The fourth-order valence-electron chi connectivity index (χ4n) is 3.00. The summed E-state index contributed by atoms with van der Waals surface area (Å²) in [6.07, 6.45) is 1.53. The molecule has 7 heteroatoms. The molecule has 0 radical (unpaired) electrons. The molecule has 150 valence electrons. The van der Waals surface area contributed by atoms with E-state index >= 15 is 0 Å². The Balaban J connectivity index is 1.54. The summed E-state index contributed by atoms with van der Waals surface area (Å²) in [6.45, 7) is 0.264. The van der Waals surface area contributed by atoms with Crippen LogP contribution in [0.4, 0.5) is 10.1 Å². The third kappa shape index (κ3) is 4.18. The molecular formula is C23H16ClFN2O3. The van der Waals surface area contributed by atoms with Gasteiger partial charge in [0.15, 0.2) is 5.76 Å². The summed E-state index contributed by atoms with van der Waals surface area (Å²) in [5.41, 5.74) is 1.23. The SMILES string of the molecule is O=C(Nc1ccc(=O)n(Cc2ccccc2Cl)c1)c1ccc(-c2ccccc2F)o1. The molecular weight excluding hydrogens is 407 g/mol. The molecule has 4 rings (SSSR count). The van der Waals surface area contributed by atoms with Crippen molar-refractivity contribution in [3.63, 3.8) is 0 Å². The molecule has 2 heterocycles. The van der Waals surface area contributed by atoms with Gasteiger partial charge in [0.05, 0.1) is 17.8 Å². The van der Waals surface area contributed by atoms with E-state index in [2.05, 4.69) is 5.32 Å². The van der Waals surface area contributed by atoms with Crippen molar-refractivity contribution in [1.29, 1.82) is 0 Å². The summed E-state index contributed by atoms with van der Waals surface area (Å²) in [7, 11) is 0. The van der Waals surface area contributed by atoms with Crippen molar-refractivity contribution < 1.29 is 13.6 Å². The molecule has 0 atom stereocenters. The number of benzene rings is 2. The Kier molecular flexibility index (Phi) is 5.50. The van der Waals surface area contributed by atoms with E-state index in [1.165, 1.54) is 41.1 Å². The number of carbonyl (C=O) groups excluding carboxylic acids is 1. The topological polar surface area (TPSA) is 64.2 Å². The number of nitrogens with zero attached hydrogens (tertiary/aromatic N) is 1. The Morgan fingerprint density at radius 1 is 1.00 bits per heavy atom. The highest BCUT2D eigenvalue weighted by Gasteiger charge is 2.15. The van der Waals surface area contributed by atoms with Crippen LogP contribution >= 0.6 is 11.6 Å². The summed E-state index contributed by atoms with van der Waals surface area (Å²) in [5, 5.41) is 3.24. The van der Waals surface area contributed by atoms with E-state index in [-0.39, 0.29) is 29.2 Å². The first kappa shape index (κ1) is 19.7. The number of furan rings is 1. The molecule has 0 saturated carbocycles. The van der Waals surface area contributed by atoms with Crippen LogP contribution in [0.2, 0.25) is 5.02 Å². The molecule has 0 aliphatic carbocycles. The third-order valence-electron chi connectivity index (χ3n) is 4.51. The lowest BCUT2D eigenvalue weighted by molar-refractivity contribution is 0.0997. The second kappa shape index (κ2) is 8.39. The molecule has 0 fully saturated rings. The summed E-state index contributed by atoms with van der Waals surface area (Å²) in [6, 6.07) is 19.2. The van der Waals surface area contributed by atoms with Gasteiger partial charge in [-0.15, -0.1) is 0 Å². The third-order valence-corrected chi connectivity index (χ3v) is 4.88. The van der Waals surface area contributed by atoms with Crippen LogP contribution in [0.15, 0.2) is 88.2 Å². The zero-order valence-electron chi connectivity index (χ0n) is 15.6. The van der Waals surface area contributed by atoms with Crippen molar-refractivity contribution in [2.75, 3.05) is 5.32 Å². The average Bonchev–Trinajstić information content (AvgIpc) is 3.22. The number of nitrogens with one attached hydrogen (secondary N) is 1. The van der Waals surface area contributed by atoms with Crippen LogP contribution in [0.5, 0.6) is 0 Å². The fraction of sp³-hybridized carbons (Fsp3) is 0.0435. The Labute approximate surface area is 176 Å². The molecule has 5 nitrogen and oxygen atoms in total. The van der Waals surface area contributed by atoms with Gasteiger partial charge in [-0.3, -0.25) is 9.59 Å². The summed E-state index contributed by atoms with van der Waals surface area (Å²) >= 11 is 6.17. The van der Waals surface area contributed by atoms with Gasteiger partial charge in [-0.2, -0.15) is 0 Å². The van der Waals surface area contributed by atoms with Gasteiger partial charge in [0, 0.05) is 17.3 Å². The lowest BCUT2D eigenvalue weighted by atomic mass is 10.1. The Morgan fingerprint density at radius 3 is 2.57 bits per heavy atom. The highest BCUT2D eigenvalue weighted by atomic mass is 35.5. The molecule has 0 aliphatic heterocycles. The van der Waals surface area contributed by atoms with Crippen LogP contribution in [0, 0.1) is 5.82 Å². The molecule has 2 aromatic carbocycles. The number of halogens is 2. The molecule has 0 saturated heterocycles. The van der Waals surface area contributed by atoms with Gasteiger partial charge in [-0.1, -0.05) is 41.9 Å². The minimum Gasteiger partial charge on any atom is -0.451 e. The largest absolute Gasteiger partial charge is 0.451 e. The highest BCUT2D eigenvalue weighted by Crippen LogP contribution is 2.25. The van der Waals surface area contributed by atoms with Crippen LogP contribution in [0.1, 0.15) is 16.1 Å². The van der Waals surface area contributed by atoms with Crippen molar-refractivity contribution >= 4 is 23.2 Å². The monoisotopic (exact) mass is 422 g/mol. The van der Waals surface area contributed by atoms with Crippen LogP contribution in [0.3, 0.4) is 0 Å². The number of aromatic nitrogens is 1. The van der Waals surface area contributed by atoms with Gasteiger partial charge in [0.2, 0.25) is 0 Å². The molecule has 0 spiro atoms. The number of hydrogen-bond acceptors (Lipinski definition) is 3. The maximum atomic E-state index is 13.9. The summed E-state index contributed by atoms with van der Waals surface area (Å²) in [4.78, 5) is 24.7. The number of amides is 1. The number of rotatable bonds is 5. The van der Waals surface area contributed by atoms with Crippen molar-refractivity contribution in [3.8, 4) is 11.3 Å². The molecule has 1 N–H and O–H groups in total. The van der Waals surface area contributed by atoms with Crippen LogP contribution in [0.25, 0.3) is 11.3 Å².